The molecular weight excluding hydrogens is 350 g/mol. The number of carbonyl (C=O) groups excluding carboxylic acids is 2. The Morgan fingerprint density at radius 2 is 1.92 bits per heavy atom. The van der Waals surface area contributed by atoms with Crippen LogP contribution in [0.25, 0.3) is 0 Å². The van der Waals surface area contributed by atoms with Gasteiger partial charge in [-0.05, 0) is 32.1 Å². The standard InChI is InChI=1S/C20H25NO4S/c1-2-20(19(25)21-13-7-10-15(21)17(22)23)12-6-11-16(20)26-18(24)14-8-4-3-5-9-14/h3-5,8-9,15-16H,2,6-7,10-13H2,1H3,(H,22,23)/t15-,16?,20?/m0/s1. The van der Waals surface area contributed by atoms with Crippen molar-refractivity contribution >= 4 is 28.8 Å². The van der Waals surface area contributed by atoms with Crippen LogP contribution in [-0.4, -0.2) is 44.8 Å². The molecule has 5 nitrogen and oxygen atoms in total. The molecule has 2 fully saturated rings. The van der Waals surface area contributed by atoms with Crippen LogP contribution in [0.4, 0.5) is 0 Å². The fourth-order valence-corrected chi connectivity index (χ4v) is 5.76. The number of carboxylic acid groups (broad SMARTS) is 1. The molecular formula is C20H25NO4S. The van der Waals surface area contributed by atoms with Crippen molar-refractivity contribution in [2.45, 2.75) is 56.7 Å². The van der Waals surface area contributed by atoms with Crippen molar-refractivity contribution in [1.82, 2.24) is 4.90 Å². The highest BCUT2D eigenvalue weighted by molar-refractivity contribution is 8.14. The molecule has 0 radical (unpaired) electrons. The zero-order chi connectivity index (χ0) is 18.7. The molecule has 0 aromatic heterocycles. The Bertz CT molecular complexity index is 692. The molecule has 140 valence electrons. The van der Waals surface area contributed by atoms with Crippen LogP contribution in [0.5, 0.6) is 0 Å². The zero-order valence-electron chi connectivity index (χ0n) is 15.0. The molecule has 1 saturated carbocycles. The van der Waals surface area contributed by atoms with Crippen molar-refractivity contribution in [2.24, 2.45) is 5.41 Å². The minimum absolute atomic E-state index is 0.0145. The first-order valence-corrected chi connectivity index (χ1v) is 10.2. The minimum Gasteiger partial charge on any atom is -0.480 e. The summed E-state index contributed by atoms with van der Waals surface area (Å²) in [6.07, 6.45) is 4.31. The van der Waals surface area contributed by atoms with Crippen LogP contribution in [-0.2, 0) is 9.59 Å². The van der Waals surface area contributed by atoms with Gasteiger partial charge >= 0.3 is 5.97 Å². The number of likely N-dealkylation sites (tertiary alicyclic amines) is 1. The number of thioether (sulfide) groups is 1. The van der Waals surface area contributed by atoms with E-state index >= 15 is 0 Å². The largest absolute Gasteiger partial charge is 0.480 e. The normalized spacial score (nSPS) is 28.3. The molecule has 0 bridgehead atoms. The van der Waals surface area contributed by atoms with Crippen molar-refractivity contribution in [3.63, 3.8) is 0 Å². The van der Waals surface area contributed by atoms with E-state index in [1.807, 2.05) is 25.1 Å². The van der Waals surface area contributed by atoms with Gasteiger partial charge in [-0.15, -0.1) is 0 Å². The average molecular weight is 375 g/mol. The number of rotatable bonds is 5. The van der Waals surface area contributed by atoms with Crippen LogP contribution in [0.2, 0.25) is 0 Å². The summed E-state index contributed by atoms with van der Waals surface area (Å²) in [6, 6.07) is 8.41. The van der Waals surface area contributed by atoms with E-state index in [9.17, 15) is 19.5 Å². The molecule has 3 atom stereocenters. The lowest BCUT2D eigenvalue weighted by molar-refractivity contribution is -0.153. The van der Waals surface area contributed by atoms with Crippen molar-refractivity contribution in [1.29, 1.82) is 0 Å². The quantitative estimate of drug-likeness (QED) is 0.851. The predicted molar refractivity (Wildman–Crippen MR) is 101 cm³/mol. The summed E-state index contributed by atoms with van der Waals surface area (Å²) < 4.78 is 0. The van der Waals surface area contributed by atoms with Gasteiger partial charge in [-0.25, -0.2) is 4.79 Å². The van der Waals surface area contributed by atoms with E-state index < -0.39 is 17.4 Å². The van der Waals surface area contributed by atoms with Crippen LogP contribution in [0, 0.1) is 5.41 Å². The molecule has 0 spiro atoms. The number of carboxylic acids is 1. The van der Waals surface area contributed by atoms with Crippen LogP contribution >= 0.6 is 11.8 Å². The van der Waals surface area contributed by atoms with Gasteiger partial charge in [0.1, 0.15) is 6.04 Å². The molecule has 2 aliphatic rings. The van der Waals surface area contributed by atoms with Gasteiger partial charge in [-0.1, -0.05) is 55.4 Å². The lowest BCUT2D eigenvalue weighted by Crippen LogP contribution is -2.50. The molecule has 1 aliphatic heterocycles. The first-order valence-electron chi connectivity index (χ1n) is 9.29. The molecule has 1 aromatic carbocycles. The third-order valence-corrected chi connectivity index (χ3v) is 7.24. The molecule has 6 heteroatoms. The van der Waals surface area contributed by atoms with E-state index in [0.717, 1.165) is 25.7 Å². The van der Waals surface area contributed by atoms with Crippen LogP contribution in [0.15, 0.2) is 30.3 Å². The zero-order valence-corrected chi connectivity index (χ0v) is 15.8. The topological polar surface area (TPSA) is 74.7 Å². The molecule has 1 N–H and O–H groups in total. The number of benzene rings is 1. The Hall–Kier alpha value is -1.82. The van der Waals surface area contributed by atoms with Crippen LogP contribution < -0.4 is 0 Å². The summed E-state index contributed by atoms with van der Waals surface area (Å²) in [5, 5.41) is 9.33. The van der Waals surface area contributed by atoms with Crippen molar-refractivity contribution in [3.05, 3.63) is 35.9 Å². The smallest absolute Gasteiger partial charge is 0.326 e. The maximum absolute atomic E-state index is 13.4. The number of hydrogen-bond donors (Lipinski definition) is 1. The Labute approximate surface area is 158 Å². The van der Waals surface area contributed by atoms with Crippen LogP contribution in [0.1, 0.15) is 55.8 Å². The molecule has 2 unspecified atom stereocenters. The predicted octanol–water partition coefficient (Wildman–Crippen LogP) is 3.58. The summed E-state index contributed by atoms with van der Waals surface area (Å²) in [4.78, 5) is 39.1. The van der Waals surface area contributed by atoms with E-state index in [0.29, 0.717) is 24.9 Å². The minimum atomic E-state index is -0.926. The summed E-state index contributed by atoms with van der Waals surface area (Å²) in [6.45, 7) is 2.48. The van der Waals surface area contributed by atoms with Gasteiger partial charge in [0.05, 0.1) is 5.41 Å². The van der Waals surface area contributed by atoms with Gasteiger partial charge in [0, 0.05) is 17.4 Å². The van der Waals surface area contributed by atoms with Crippen LogP contribution in [0.3, 0.4) is 0 Å². The van der Waals surface area contributed by atoms with Gasteiger partial charge < -0.3 is 10.0 Å². The van der Waals surface area contributed by atoms with E-state index in [1.54, 1.807) is 17.0 Å². The molecule has 3 rings (SSSR count). The molecule has 1 saturated heterocycles. The fourth-order valence-electron chi connectivity index (χ4n) is 4.34. The van der Waals surface area contributed by atoms with Crippen molar-refractivity contribution in [2.75, 3.05) is 6.54 Å². The summed E-state index contributed by atoms with van der Waals surface area (Å²) in [7, 11) is 0. The lowest BCUT2D eigenvalue weighted by Gasteiger charge is -2.37. The Balaban J connectivity index is 1.81. The molecule has 1 aliphatic carbocycles. The summed E-state index contributed by atoms with van der Waals surface area (Å²) in [5.41, 5.74) is 0.0131. The van der Waals surface area contributed by atoms with Crippen molar-refractivity contribution < 1.29 is 19.5 Å². The summed E-state index contributed by atoms with van der Waals surface area (Å²) >= 11 is 1.25. The number of amides is 1. The van der Waals surface area contributed by atoms with Gasteiger partial charge in [-0.3, -0.25) is 9.59 Å². The molecule has 1 heterocycles. The Morgan fingerprint density at radius 3 is 2.58 bits per heavy atom. The number of aliphatic carboxylic acids is 1. The maximum atomic E-state index is 13.4. The highest BCUT2D eigenvalue weighted by Gasteiger charge is 2.52. The summed E-state index contributed by atoms with van der Waals surface area (Å²) in [5.74, 6) is -0.995. The molecule has 1 amide bonds. The number of hydrogen-bond acceptors (Lipinski definition) is 4. The monoisotopic (exact) mass is 375 g/mol. The third kappa shape index (κ3) is 3.39. The molecule has 26 heavy (non-hydrogen) atoms. The Kier molecular flexibility index (Phi) is 5.70. The second-order valence-electron chi connectivity index (χ2n) is 7.16. The third-order valence-electron chi connectivity index (χ3n) is 5.82. The lowest BCUT2D eigenvalue weighted by atomic mass is 9.81. The first kappa shape index (κ1) is 19.0. The highest BCUT2D eigenvalue weighted by Crippen LogP contribution is 2.50. The average Bonchev–Trinajstić information content (AvgIpc) is 3.29. The van der Waals surface area contributed by atoms with Gasteiger partial charge in [0.25, 0.3) is 0 Å². The molecule has 1 aromatic rings. The first-order chi connectivity index (χ1) is 12.5. The second-order valence-corrected chi connectivity index (χ2v) is 8.33. The van der Waals surface area contributed by atoms with Crippen molar-refractivity contribution in [3.8, 4) is 0 Å². The van der Waals surface area contributed by atoms with E-state index in [-0.39, 0.29) is 16.3 Å². The van der Waals surface area contributed by atoms with E-state index in [4.69, 9.17) is 0 Å². The fraction of sp³-hybridized carbons (Fsp3) is 0.550. The number of carbonyl (C=O) groups is 3. The van der Waals surface area contributed by atoms with E-state index in [1.165, 1.54) is 11.8 Å². The van der Waals surface area contributed by atoms with Gasteiger partial charge in [0.2, 0.25) is 11.0 Å². The SMILES string of the molecule is CCC1(C(=O)N2CCC[C@H]2C(=O)O)CCCC1SC(=O)c1ccccc1. The highest BCUT2D eigenvalue weighted by atomic mass is 32.2. The Morgan fingerprint density at radius 1 is 1.19 bits per heavy atom. The van der Waals surface area contributed by atoms with E-state index in [2.05, 4.69) is 0 Å². The second kappa shape index (κ2) is 7.82. The van der Waals surface area contributed by atoms with Gasteiger partial charge in [0.15, 0.2) is 0 Å². The maximum Gasteiger partial charge on any atom is 0.326 e. The number of nitrogens with zero attached hydrogens (tertiary/aromatic N) is 1. The van der Waals surface area contributed by atoms with Gasteiger partial charge in [-0.2, -0.15) is 0 Å².